The summed E-state index contributed by atoms with van der Waals surface area (Å²) in [4.78, 5) is 2.93. The largest absolute Gasteiger partial charge is 0.390 e. The highest BCUT2D eigenvalue weighted by molar-refractivity contribution is 6.17. The van der Waals surface area contributed by atoms with Crippen LogP contribution in [0.3, 0.4) is 0 Å². The predicted octanol–water partition coefficient (Wildman–Crippen LogP) is 5.79. The maximum Gasteiger partial charge on any atom is 0.115 e. The third-order valence-electron chi connectivity index (χ3n) is 6.26. The molecule has 8 nitrogen and oxygen atoms in total. The molecule has 0 fully saturated rings. The Morgan fingerprint density at radius 1 is 0.718 bits per heavy atom. The fraction of sp³-hybridized carbons (Fsp3) is 0.400. The van der Waals surface area contributed by atoms with Gasteiger partial charge in [0, 0.05) is 10.8 Å². The first-order valence-corrected chi connectivity index (χ1v) is 13.6. The van der Waals surface area contributed by atoms with Crippen molar-refractivity contribution in [1.82, 2.24) is 0 Å². The van der Waals surface area contributed by atoms with Crippen molar-refractivity contribution in [2.45, 2.75) is 63.2 Å². The van der Waals surface area contributed by atoms with E-state index in [0.717, 1.165) is 16.7 Å². The zero-order valence-corrected chi connectivity index (χ0v) is 22.6. The molecule has 3 aromatic carbocycles. The van der Waals surface area contributed by atoms with Crippen molar-refractivity contribution in [2.24, 2.45) is 5.11 Å². The summed E-state index contributed by atoms with van der Waals surface area (Å²) < 4.78 is 18.9. The van der Waals surface area contributed by atoms with Crippen molar-refractivity contribution >= 4 is 11.6 Å². The number of nitrogens with zero attached hydrogens (tertiary/aromatic N) is 3. The summed E-state index contributed by atoms with van der Waals surface area (Å²) in [7, 11) is 0. The fourth-order valence-corrected chi connectivity index (χ4v) is 4.31. The molecule has 0 amide bonds. The number of aliphatic hydroxyl groups excluding tert-OH is 2. The van der Waals surface area contributed by atoms with E-state index in [9.17, 15) is 10.2 Å². The molecule has 0 unspecified atom stereocenters. The standard InChI is InChI=1S/C30H36ClN3O5/c31-18-10-17-26(35)28(36)30(39-22-25-15-8-3-9-16-25)29(38-21-24-13-6-2-7-14-24)27(19-33-34-32)37-20-23-11-4-1-5-12-23/h1-9,11-16,26-30,35-36H,10,17-22H2/t26-,27+,28-,29+,30+/m0/s1. The summed E-state index contributed by atoms with van der Waals surface area (Å²) >= 11 is 5.84. The normalized spacial score (nSPS) is 15.1. The molecule has 0 bridgehead atoms. The van der Waals surface area contributed by atoms with E-state index in [1.165, 1.54) is 0 Å². The van der Waals surface area contributed by atoms with E-state index < -0.39 is 30.5 Å². The molecule has 0 heterocycles. The van der Waals surface area contributed by atoms with Gasteiger partial charge in [0.25, 0.3) is 0 Å². The van der Waals surface area contributed by atoms with Crippen LogP contribution in [-0.4, -0.2) is 53.2 Å². The molecule has 0 aliphatic heterocycles. The van der Waals surface area contributed by atoms with Gasteiger partial charge in [-0.2, -0.15) is 0 Å². The highest BCUT2D eigenvalue weighted by atomic mass is 35.5. The molecule has 0 aliphatic carbocycles. The molecule has 9 heteroatoms. The minimum absolute atomic E-state index is 0.0571. The van der Waals surface area contributed by atoms with Crippen LogP contribution in [-0.2, 0) is 34.0 Å². The van der Waals surface area contributed by atoms with Crippen LogP contribution in [0.4, 0.5) is 0 Å². The van der Waals surface area contributed by atoms with Gasteiger partial charge in [-0.15, -0.1) is 11.6 Å². The lowest BCUT2D eigenvalue weighted by Gasteiger charge is -2.37. The SMILES string of the molecule is [N-]=[N+]=NC[C@@H](OCc1ccccc1)[C@@H](OCc1ccccc1)[C@H](OCc1ccccc1)[C@@H](O)[C@@H](O)CCCCl. The second-order valence-electron chi connectivity index (χ2n) is 9.16. The van der Waals surface area contributed by atoms with Crippen LogP contribution in [0, 0.1) is 0 Å². The maximum absolute atomic E-state index is 11.4. The van der Waals surface area contributed by atoms with Crippen LogP contribution in [0.25, 0.3) is 10.4 Å². The van der Waals surface area contributed by atoms with Crippen molar-refractivity contribution in [3.05, 3.63) is 118 Å². The molecule has 5 atom stereocenters. The van der Waals surface area contributed by atoms with Gasteiger partial charge in [0.05, 0.1) is 38.6 Å². The van der Waals surface area contributed by atoms with Crippen LogP contribution < -0.4 is 0 Å². The summed E-state index contributed by atoms with van der Waals surface area (Å²) in [5.74, 6) is 0.354. The van der Waals surface area contributed by atoms with Gasteiger partial charge < -0.3 is 24.4 Å². The van der Waals surface area contributed by atoms with Gasteiger partial charge in [0.15, 0.2) is 0 Å². The van der Waals surface area contributed by atoms with Gasteiger partial charge in [-0.3, -0.25) is 0 Å². The first kappa shape index (κ1) is 30.6. The average molecular weight is 554 g/mol. The van der Waals surface area contributed by atoms with E-state index in [0.29, 0.717) is 12.3 Å². The number of hydrogen-bond donors (Lipinski definition) is 2. The van der Waals surface area contributed by atoms with E-state index in [1.54, 1.807) is 0 Å². The quantitative estimate of drug-likeness (QED) is 0.0894. The van der Waals surface area contributed by atoms with E-state index in [-0.39, 0.29) is 32.8 Å². The lowest BCUT2D eigenvalue weighted by atomic mass is 9.96. The molecule has 2 N–H and O–H groups in total. The van der Waals surface area contributed by atoms with Gasteiger partial charge in [0.1, 0.15) is 18.3 Å². The first-order chi connectivity index (χ1) is 19.1. The number of rotatable bonds is 18. The Kier molecular flexibility index (Phi) is 13.8. The van der Waals surface area contributed by atoms with Crippen LogP contribution in [0.1, 0.15) is 29.5 Å². The third kappa shape index (κ3) is 10.6. The second kappa shape index (κ2) is 17.6. The summed E-state index contributed by atoms with van der Waals surface area (Å²) in [6.07, 6.45) is -4.29. The Morgan fingerprint density at radius 3 is 1.64 bits per heavy atom. The highest BCUT2D eigenvalue weighted by Crippen LogP contribution is 2.24. The number of alkyl halides is 1. The van der Waals surface area contributed by atoms with Crippen LogP contribution in [0.5, 0.6) is 0 Å². The topological polar surface area (TPSA) is 117 Å². The molecule has 208 valence electrons. The smallest absolute Gasteiger partial charge is 0.115 e. The Hall–Kier alpha value is -2.94. The van der Waals surface area contributed by atoms with E-state index in [2.05, 4.69) is 10.0 Å². The van der Waals surface area contributed by atoms with E-state index in [1.807, 2.05) is 91.0 Å². The molecule has 0 radical (unpaired) electrons. The zero-order chi connectivity index (χ0) is 27.7. The molecule has 3 aromatic rings. The van der Waals surface area contributed by atoms with Crippen molar-refractivity contribution in [2.75, 3.05) is 12.4 Å². The lowest BCUT2D eigenvalue weighted by Crippen LogP contribution is -2.53. The first-order valence-electron chi connectivity index (χ1n) is 13.0. The summed E-state index contributed by atoms with van der Waals surface area (Å²) in [5.41, 5.74) is 11.8. The van der Waals surface area contributed by atoms with Gasteiger partial charge in [-0.1, -0.05) is 96.1 Å². The molecule has 0 saturated carbocycles. The number of azide groups is 1. The monoisotopic (exact) mass is 553 g/mol. The Morgan fingerprint density at radius 2 is 1.18 bits per heavy atom. The van der Waals surface area contributed by atoms with Gasteiger partial charge in [-0.25, -0.2) is 0 Å². The molecule has 0 saturated heterocycles. The van der Waals surface area contributed by atoms with E-state index in [4.69, 9.17) is 31.3 Å². The van der Waals surface area contributed by atoms with Crippen molar-refractivity contribution in [3.63, 3.8) is 0 Å². The summed E-state index contributed by atoms with van der Waals surface area (Å²) in [5, 5.41) is 26.0. The number of aliphatic hydroxyl groups is 2. The predicted molar refractivity (Wildman–Crippen MR) is 151 cm³/mol. The van der Waals surface area contributed by atoms with Gasteiger partial charge in [0.2, 0.25) is 0 Å². The van der Waals surface area contributed by atoms with Crippen molar-refractivity contribution in [1.29, 1.82) is 0 Å². The number of benzene rings is 3. The van der Waals surface area contributed by atoms with Crippen LogP contribution in [0.2, 0.25) is 0 Å². The molecule has 0 spiro atoms. The lowest BCUT2D eigenvalue weighted by molar-refractivity contribution is -0.192. The zero-order valence-electron chi connectivity index (χ0n) is 21.8. The van der Waals surface area contributed by atoms with Crippen molar-refractivity contribution in [3.8, 4) is 0 Å². The number of ether oxygens (including phenoxy) is 3. The van der Waals surface area contributed by atoms with Crippen molar-refractivity contribution < 1.29 is 24.4 Å². The third-order valence-corrected chi connectivity index (χ3v) is 6.52. The second-order valence-corrected chi connectivity index (χ2v) is 9.54. The number of halogens is 1. The molecule has 39 heavy (non-hydrogen) atoms. The highest BCUT2D eigenvalue weighted by Gasteiger charge is 2.39. The van der Waals surface area contributed by atoms with Crippen LogP contribution >= 0.6 is 11.6 Å². The molecular formula is C30H36ClN3O5. The molecule has 0 aliphatic rings. The molecule has 3 rings (SSSR count). The summed E-state index contributed by atoms with van der Waals surface area (Å²) in [6.45, 7) is 0.540. The summed E-state index contributed by atoms with van der Waals surface area (Å²) in [6, 6.07) is 28.7. The molecule has 0 aromatic heterocycles. The molecular weight excluding hydrogens is 518 g/mol. The Labute approximate surface area is 234 Å². The maximum atomic E-state index is 11.4. The Balaban J connectivity index is 1.92. The average Bonchev–Trinajstić information content (AvgIpc) is 2.99. The fourth-order valence-electron chi connectivity index (χ4n) is 4.16. The van der Waals surface area contributed by atoms with Crippen LogP contribution in [0.15, 0.2) is 96.1 Å². The van der Waals surface area contributed by atoms with E-state index >= 15 is 0 Å². The van der Waals surface area contributed by atoms with Gasteiger partial charge >= 0.3 is 0 Å². The van der Waals surface area contributed by atoms with Gasteiger partial charge in [-0.05, 0) is 35.1 Å². The number of hydrogen-bond acceptors (Lipinski definition) is 6. The minimum Gasteiger partial charge on any atom is -0.390 e. The minimum atomic E-state index is -1.31. The Bertz CT molecular complexity index is 1100.